The summed E-state index contributed by atoms with van der Waals surface area (Å²) in [6, 6.07) is -0.360. The quantitative estimate of drug-likeness (QED) is 0.587. The SMILES string of the molecule is CCCCC(=O)[C@H](CO)NC. The molecule has 0 fully saturated rings. The van der Waals surface area contributed by atoms with Gasteiger partial charge in [0.2, 0.25) is 0 Å². The highest BCUT2D eigenvalue weighted by Crippen LogP contribution is 1.98. The van der Waals surface area contributed by atoms with Crippen molar-refractivity contribution in [2.75, 3.05) is 13.7 Å². The topological polar surface area (TPSA) is 49.3 Å². The highest BCUT2D eigenvalue weighted by molar-refractivity contribution is 5.84. The van der Waals surface area contributed by atoms with Crippen molar-refractivity contribution < 1.29 is 9.90 Å². The molecule has 0 amide bonds. The van der Waals surface area contributed by atoms with E-state index < -0.39 is 0 Å². The number of aliphatic hydroxyl groups is 1. The number of Topliss-reactive ketones (excluding diaryl/α,β-unsaturated/α-hetero) is 1. The van der Waals surface area contributed by atoms with Crippen LogP contribution in [0.4, 0.5) is 0 Å². The van der Waals surface area contributed by atoms with Crippen molar-refractivity contribution in [2.45, 2.75) is 32.2 Å². The van der Waals surface area contributed by atoms with Gasteiger partial charge in [0, 0.05) is 6.42 Å². The summed E-state index contributed by atoms with van der Waals surface area (Å²) in [5.74, 6) is 0.108. The van der Waals surface area contributed by atoms with Crippen LogP contribution in [0.2, 0.25) is 0 Å². The summed E-state index contributed by atoms with van der Waals surface area (Å²) >= 11 is 0. The van der Waals surface area contributed by atoms with Crippen LogP contribution in [0, 0.1) is 0 Å². The normalized spacial score (nSPS) is 13.0. The highest BCUT2D eigenvalue weighted by Gasteiger charge is 2.13. The van der Waals surface area contributed by atoms with Gasteiger partial charge >= 0.3 is 0 Å². The number of likely N-dealkylation sites (N-methyl/N-ethyl adjacent to an activating group) is 1. The molecule has 0 aliphatic rings. The highest BCUT2D eigenvalue weighted by atomic mass is 16.3. The average molecular weight is 159 g/mol. The Morgan fingerprint density at radius 3 is 2.64 bits per heavy atom. The van der Waals surface area contributed by atoms with Crippen LogP contribution >= 0.6 is 0 Å². The minimum absolute atomic E-state index is 0.0982. The molecule has 1 atom stereocenters. The molecule has 0 saturated heterocycles. The van der Waals surface area contributed by atoms with Gasteiger partial charge in [-0.3, -0.25) is 4.79 Å². The Hall–Kier alpha value is -0.410. The fraction of sp³-hybridized carbons (Fsp3) is 0.875. The molecule has 0 spiro atoms. The molecule has 0 aromatic rings. The van der Waals surface area contributed by atoms with Crippen LogP contribution < -0.4 is 5.32 Å². The lowest BCUT2D eigenvalue weighted by Gasteiger charge is -2.10. The Balaban J connectivity index is 3.61. The summed E-state index contributed by atoms with van der Waals surface area (Å²) in [7, 11) is 1.69. The summed E-state index contributed by atoms with van der Waals surface area (Å²) < 4.78 is 0. The van der Waals surface area contributed by atoms with Gasteiger partial charge in [-0.25, -0.2) is 0 Å². The van der Waals surface area contributed by atoms with E-state index >= 15 is 0 Å². The fourth-order valence-corrected chi connectivity index (χ4v) is 0.879. The van der Waals surface area contributed by atoms with E-state index in [9.17, 15) is 4.79 Å². The second-order valence-electron chi connectivity index (χ2n) is 2.59. The first-order valence-corrected chi connectivity index (χ1v) is 4.07. The van der Waals surface area contributed by atoms with Crippen molar-refractivity contribution in [1.29, 1.82) is 0 Å². The van der Waals surface area contributed by atoms with Crippen molar-refractivity contribution in [1.82, 2.24) is 5.32 Å². The van der Waals surface area contributed by atoms with Crippen LogP contribution in [0.1, 0.15) is 26.2 Å². The molecule has 0 unspecified atom stereocenters. The zero-order valence-corrected chi connectivity index (χ0v) is 7.26. The first kappa shape index (κ1) is 10.6. The van der Waals surface area contributed by atoms with Crippen molar-refractivity contribution in [3.8, 4) is 0 Å². The molecule has 0 radical (unpaired) electrons. The van der Waals surface area contributed by atoms with Crippen LogP contribution in [-0.4, -0.2) is 30.6 Å². The standard InChI is InChI=1S/C8H17NO2/c1-3-4-5-8(11)7(6-10)9-2/h7,9-10H,3-6H2,1-2H3/t7-/m0/s1. The van der Waals surface area contributed by atoms with Crippen LogP contribution in [0.15, 0.2) is 0 Å². The summed E-state index contributed by atoms with van der Waals surface area (Å²) in [6.07, 6.45) is 2.51. The molecule has 0 heterocycles. The second kappa shape index (κ2) is 6.31. The molecule has 0 bridgehead atoms. The zero-order valence-electron chi connectivity index (χ0n) is 7.26. The van der Waals surface area contributed by atoms with E-state index in [4.69, 9.17) is 5.11 Å². The molecule has 0 aliphatic heterocycles. The number of hydrogen-bond acceptors (Lipinski definition) is 3. The molecule has 0 aromatic heterocycles. The lowest BCUT2D eigenvalue weighted by Crippen LogP contribution is -2.37. The van der Waals surface area contributed by atoms with E-state index in [-0.39, 0.29) is 18.4 Å². The maximum absolute atomic E-state index is 11.1. The number of rotatable bonds is 6. The number of hydrogen-bond donors (Lipinski definition) is 2. The van der Waals surface area contributed by atoms with Gasteiger partial charge in [0.25, 0.3) is 0 Å². The van der Waals surface area contributed by atoms with E-state index in [1.165, 1.54) is 0 Å². The Kier molecular flexibility index (Phi) is 6.07. The average Bonchev–Trinajstić information content (AvgIpc) is 2.03. The van der Waals surface area contributed by atoms with E-state index in [0.717, 1.165) is 12.8 Å². The number of ketones is 1. The Morgan fingerprint density at radius 2 is 2.27 bits per heavy atom. The van der Waals surface area contributed by atoms with Crippen LogP contribution in [-0.2, 0) is 4.79 Å². The summed E-state index contributed by atoms with van der Waals surface area (Å²) in [4.78, 5) is 11.1. The van der Waals surface area contributed by atoms with Crippen molar-refractivity contribution in [3.05, 3.63) is 0 Å². The lowest BCUT2D eigenvalue weighted by atomic mass is 10.1. The molecule has 66 valence electrons. The molecule has 3 heteroatoms. The number of aliphatic hydroxyl groups excluding tert-OH is 1. The summed E-state index contributed by atoms with van der Waals surface area (Å²) in [6.45, 7) is 1.94. The third-order valence-electron chi connectivity index (χ3n) is 1.70. The maximum atomic E-state index is 11.1. The van der Waals surface area contributed by atoms with Gasteiger partial charge in [0.1, 0.15) is 0 Å². The molecule has 0 aromatic carbocycles. The largest absolute Gasteiger partial charge is 0.394 e. The van der Waals surface area contributed by atoms with Crippen LogP contribution in [0.5, 0.6) is 0 Å². The molecular formula is C8H17NO2. The number of carbonyl (C=O) groups is 1. The van der Waals surface area contributed by atoms with E-state index in [0.29, 0.717) is 6.42 Å². The predicted molar refractivity (Wildman–Crippen MR) is 44.5 cm³/mol. The van der Waals surface area contributed by atoms with Crippen LogP contribution in [0.3, 0.4) is 0 Å². The maximum Gasteiger partial charge on any atom is 0.152 e. The van der Waals surface area contributed by atoms with Gasteiger partial charge in [-0.05, 0) is 13.5 Å². The van der Waals surface area contributed by atoms with Gasteiger partial charge in [-0.2, -0.15) is 0 Å². The zero-order chi connectivity index (χ0) is 8.69. The van der Waals surface area contributed by atoms with E-state index in [1.807, 2.05) is 6.92 Å². The second-order valence-corrected chi connectivity index (χ2v) is 2.59. The fourth-order valence-electron chi connectivity index (χ4n) is 0.879. The number of nitrogens with one attached hydrogen (secondary N) is 1. The van der Waals surface area contributed by atoms with Gasteiger partial charge in [-0.15, -0.1) is 0 Å². The lowest BCUT2D eigenvalue weighted by molar-refractivity contribution is -0.121. The van der Waals surface area contributed by atoms with Gasteiger partial charge in [-0.1, -0.05) is 13.3 Å². The molecular weight excluding hydrogens is 142 g/mol. The predicted octanol–water partition coefficient (Wildman–Crippen LogP) is 0.326. The van der Waals surface area contributed by atoms with Gasteiger partial charge in [0.05, 0.1) is 12.6 Å². The van der Waals surface area contributed by atoms with Crippen molar-refractivity contribution in [3.63, 3.8) is 0 Å². The molecule has 3 nitrogen and oxygen atoms in total. The first-order chi connectivity index (χ1) is 5.26. The number of unbranched alkanes of at least 4 members (excludes halogenated alkanes) is 1. The molecule has 0 rings (SSSR count). The summed E-state index contributed by atoms with van der Waals surface area (Å²) in [5, 5.41) is 11.5. The smallest absolute Gasteiger partial charge is 0.152 e. The molecule has 11 heavy (non-hydrogen) atoms. The third-order valence-corrected chi connectivity index (χ3v) is 1.70. The molecule has 0 saturated carbocycles. The van der Waals surface area contributed by atoms with Crippen LogP contribution in [0.25, 0.3) is 0 Å². The van der Waals surface area contributed by atoms with Gasteiger partial charge in [0.15, 0.2) is 5.78 Å². The summed E-state index contributed by atoms with van der Waals surface area (Å²) in [5.41, 5.74) is 0. The van der Waals surface area contributed by atoms with E-state index in [2.05, 4.69) is 5.32 Å². The monoisotopic (exact) mass is 159 g/mol. The minimum Gasteiger partial charge on any atom is -0.394 e. The van der Waals surface area contributed by atoms with Crippen molar-refractivity contribution >= 4 is 5.78 Å². The third kappa shape index (κ3) is 4.11. The van der Waals surface area contributed by atoms with E-state index in [1.54, 1.807) is 7.05 Å². The molecule has 0 aliphatic carbocycles. The minimum atomic E-state index is -0.360. The Bertz CT molecular complexity index is 111. The first-order valence-electron chi connectivity index (χ1n) is 4.07. The van der Waals surface area contributed by atoms with Gasteiger partial charge < -0.3 is 10.4 Å². The number of carbonyl (C=O) groups excluding carboxylic acids is 1. The Labute approximate surface area is 67.8 Å². The van der Waals surface area contributed by atoms with Crippen molar-refractivity contribution in [2.24, 2.45) is 0 Å². The molecule has 2 N–H and O–H groups in total. The Morgan fingerprint density at radius 1 is 1.64 bits per heavy atom.